The fourth-order valence-corrected chi connectivity index (χ4v) is 4.50. The number of rotatable bonds is 4. The second kappa shape index (κ2) is 8.52. The molecule has 2 rings (SSSR count). The minimum Gasteiger partial charge on any atom is -0.480 e. The lowest BCUT2D eigenvalue weighted by Gasteiger charge is -2.41. The molecule has 0 radical (unpaired) electrons. The van der Waals surface area contributed by atoms with Crippen LogP contribution in [0.5, 0.6) is 0 Å². The minimum atomic E-state index is -1.40. The lowest BCUT2D eigenvalue weighted by molar-refractivity contribution is -0.148. The van der Waals surface area contributed by atoms with E-state index in [4.69, 9.17) is 4.74 Å². The molecule has 166 valence electrons. The van der Waals surface area contributed by atoms with Gasteiger partial charge in [0, 0.05) is 24.9 Å². The van der Waals surface area contributed by atoms with Crippen molar-refractivity contribution >= 4 is 18.0 Å². The van der Waals surface area contributed by atoms with E-state index in [9.17, 15) is 19.5 Å². The number of hydrogen-bond donors (Lipinski definition) is 1. The number of carboxylic acids is 1. The summed E-state index contributed by atoms with van der Waals surface area (Å²) in [5, 5.41) is 9.93. The molecule has 1 aliphatic heterocycles. The fourth-order valence-electron chi connectivity index (χ4n) is 4.50. The average Bonchev–Trinajstić information content (AvgIpc) is 2.94. The molecule has 0 aromatic heterocycles. The highest BCUT2D eigenvalue weighted by Crippen LogP contribution is 2.37. The Labute approximate surface area is 174 Å². The SMILES string of the molecule is CC1CCC(N(C(=O)C(C)C)[C@@H]2CN(C(=O)OC(C)(C)C)[C@](C)(C(=O)O)C2)CC1. The van der Waals surface area contributed by atoms with Crippen LogP contribution in [0.3, 0.4) is 0 Å². The summed E-state index contributed by atoms with van der Waals surface area (Å²) >= 11 is 0. The number of carbonyl (C=O) groups is 3. The fraction of sp³-hybridized carbons (Fsp3) is 0.864. The molecule has 1 saturated carbocycles. The number of amides is 2. The smallest absolute Gasteiger partial charge is 0.411 e. The van der Waals surface area contributed by atoms with Crippen molar-refractivity contribution in [3.8, 4) is 0 Å². The van der Waals surface area contributed by atoms with Crippen LogP contribution < -0.4 is 0 Å². The van der Waals surface area contributed by atoms with Crippen LogP contribution in [-0.4, -0.2) is 62.6 Å². The Hall–Kier alpha value is -1.79. The third kappa shape index (κ3) is 5.23. The quantitative estimate of drug-likeness (QED) is 0.759. The summed E-state index contributed by atoms with van der Waals surface area (Å²) in [6, 6.07) is -0.223. The van der Waals surface area contributed by atoms with E-state index in [0.717, 1.165) is 25.7 Å². The van der Waals surface area contributed by atoms with Gasteiger partial charge in [-0.2, -0.15) is 0 Å². The van der Waals surface area contributed by atoms with Crippen LogP contribution in [0.2, 0.25) is 0 Å². The molecular weight excluding hydrogens is 372 g/mol. The van der Waals surface area contributed by atoms with E-state index in [0.29, 0.717) is 5.92 Å². The Morgan fingerprint density at radius 1 is 1.10 bits per heavy atom. The van der Waals surface area contributed by atoms with Gasteiger partial charge in [-0.05, 0) is 59.3 Å². The molecule has 0 aromatic carbocycles. The molecule has 1 aliphatic carbocycles. The number of ether oxygens (including phenoxy) is 1. The third-order valence-electron chi connectivity index (χ3n) is 6.22. The molecule has 2 fully saturated rings. The molecule has 1 heterocycles. The molecule has 7 heteroatoms. The van der Waals surface area contributed by atoms with Gasteiger partial charge in [-0.25, -0.2) is 9.59 Å². The molecule has 2 aliphatic rings. The van der Waals surface area contributed by atoms with Gasteiger partial charge in [0.1, 0.15) is 11.1 Å². The standard InChI is InChI=1S/C22H38N2O5/c1-14(2)18(25)24(16-10-8-15(3)9-11-16)17-12-22(7,19(26)27)23(13-17)20(28)29-21(4,5)6/h14-17H,8-13H2,1-7H3,(H,26,27)/t15?,16?,17-,22-/m0/s1. The molecule has 29 heavy (non-hydrogen) atoms. The second-order valence-electron chi connectivity index (χ2n) is 10.3. The van der Waals surface area contributed by atoms with Gasteiger partial charge in [0.2, 0.25) is 5.91 Å². The van der Waals surface area contributed by atoms with E-state index >= 15 is 0 Å². The molecule has 0 spiro atoms. The van der Waals surface area contributed by atoms with Crippen LogP contribution in [0.15, 0.2) is 0 Å². The summed E-state index contributed by atoms with van der Waals surface area (Å²) in [6.07, 6.45) is 3.54. The van der Waals surface area contributed by atoms with Crippen molar-refractivity contribution in [2.24, 2.45) is 11.8 Å². The van der Waals surface area contributed by atoms with E-state index in [2.05, 4.69) is 6.92 Å². The lowest BCUT2D eigenvalue weighted by Crippen LogP contribution is -2.52. The van der Waals surface area contributed by atoms with Gasteiger partial charge >= 0.3 is 12.1 Å². The molecule has 7 nitrogen and oxygen atoms in total. The second-order valence-corrected chi connectivity index (χ2v) is 10.3. The first kappa shape index (κ1) is 23.5. The van der Waals surface area contributed by atoms with Crippen molar-refractivity contribution < 1.29 is 24.2 Å². The van der Waals surface area contributed by atoms with Crippen molar-refractivity contribution in [2.45, 2.75) is 104 Å². The largest absolute Gasteiger partial charge is 0.480 e. The van der Waals surface area contributed by atoms with Crippen molar-refractivity contribution in [2.75, 3.05) is 6.54 Å². The van der Waals surface area contributed by atoms with Crippen molar-refractivity contribution in [1.29, 1.82) is 0 Å². The summed E-state index contributed by atoms with van der Waals surface area (Å²) in [5.74, 6) is -0.567. The number of likely N-dealkylation sites (tertiary alicyclic amines) is 1. The highest BCUT2D eigenvalue weighted by atomic mass is 16.6. The van der Waals surface area contributed by atoms with E-state index in [1.54, 1.807) is 27.7 Å². The van der Waals surface area contributed by atoms with E-state index < -0.39 is 23.2 Å². The van der Waals surface area contributed by atoms with Gasteiger partial charge in [-0.3, -0.25) is 9.69 Å². The first-order valence-corrected chi connectivity index (χ1v) is 10.8. The number of carbonyl (C=O) groups excluding carboxylic acids is 2. The minimum absolute atomic E-state index is 0.0355. The number of nitrogens with zero attached hydrogens (tertiary/aromatic N) is 2. The third-order valence-corrected chi connectivity index (χ3v) is 6.22. The Balaban J connectivity index is 2.33. The zero-order valence-corrected chi connectivity index (χ0v) is 19.0. The monoisotopic (exact) mass is 410 g/mol. The maximum atomic E-state index is 13.1. The molecule has 0 aromatic rings. The summed E-state index contributed by atoms with van der Waals surface area (Å²) in [7, 11) is 0. The lowest BCUT2D eigenvalue weighted by atomic mass is 9.85. The average molecular weight is 411 g/mol. The van der Waals surface area contributed by atoms with Gasteiger partial charge in [0.15, 0.2) is 0 Å². The van der Waals surface area contributed by atoms with Crippen LogP contribution in [0.25, 0.3) is 0 Å². The molecule has 2 atom stereocenters. The Kier molecular flexibility index (Phi) is 6.90. The summed E-state index contributed by atoms with van der Waals surface area (Å²) in [6.45, 7) is 13.0. The normalized spacial score (nSPS) is 30.3. The van der Waals surface area contributed by atoms with Gasteiger partial charge in [-0.15, -0.1) is 0 Å². The van der Waals surface area contributed by atoms with Crippen molar-refractivity contribution in [3.63, 3.8) is 0 Å². The van der Waals surface area contributed by atoms with Crippen LogP contribution in [0, 0.1) is 11.8 Å². The molecule has 0 bridgehead atoms. The van der Waals surface area contributed by atoms with Gasteiger partial charge in [-0.1, -0.05) is 20.8 Å². The molecular formula is C22H38N2O5. The summed E-state index contributed by atoms with van der Waals surface area (Å²) in [5.41, 5.74) is -2.12. The highest BCUT2D eigenvalue weighted by Gasteiger charge is 2.54. The van der Waals surface area contributed by atoms with E-state index in [1.807, 2.05) is 18.7 Å². The zero-order valence-electron chi connectivity index (χ0n) is 19.0. The van der Waals surface area contributed by atoms with Gasteiger partial charge in [0.05, 0.1) is 6.04 Å². The van der Waals surface area contributed by atoms with Crippen LogP contribution >= 0.6 is 0 Å². The number of aliphatic carboxylic acids is 1. The maximum absolute atomic E-state index is 13.1. The van der Waals surface area contributed by atoms with Crippen molar-refractivity contribution in [1.82, 2.24) is 9.80 Å². The van der Waals surface area contributed by atoms with Gasteiger partial charge in [0.25, 0.3) is 0 Å². The van der Waals surface area contributed by atoms with Crippen LogP contribution in [-0.2, 0) is 14.3 Å². The molecule has 2 amide bonds. The molecule has 0 unspecified atom stereocenters. The van der Waals surface area contributed by atoms with E-state index in [-0.39, 0.29) is 36.9 Å². The first-order chi connectivity index (χ1) is 13.3. The van der Waals surface area contributed by atoms with E-state index in [1.165, 1.54) is 4.90 Å². The van der Waals surface area contributed by atoms with Gasteiger partial charge < -0.3 is 14.7 Å². The predicted octanol–water partition coefficient (Wildman–Crippen LogP) is 3.90. The summed E-state index contributed by atoms with van der Waals surface area (Å²) in [4.78, 5) is 41.3. The molecule has 1 saturated heterocycles. The number of carboxylic acid groups (broad SMARTS) is 1. The van der Waals surface area contributed by atoms with Crippen LogP contribution in [0.4, 0.5) is 4.79 Å². The topological polar surface area (TPSA) is 87.2 Å². The predicted molar refractivity (Wildman–Crippen MR) is 110 cm³/mol. The zero-order chi connectivity index (χ0) is 22.1. The first-order valence-electron chi connectivity index (χ1n) is 10.8. The Morgan fingerprint density at radius 2 is 1.66 bits per heavy atom. The van der Waals surface area contributed by atoms with Crippen LogP contribution in [0.1, 0.15) is 80.6 Å². The summed E-state index contributed by atoms with van der Waals surface area (Å²) < 4.78 is 5.48. The maximum Gasteiger partial charge on any atom is 0.411 e. The number of hydrogen-bond acceptors (Lipinski definition) is 4. The van der Waals surface area contributed by atoms with Crippen molar-refractivity contribution in [3.05, 3.63) is 0 Å². The Bertz CT molecular complexity index is 634. The highest BCUT2D eigenvalue weighted by molar-refractivity contribution is 5.86. The Morgan fingerprint density at radius 3 is 2.10 bits per heavy atom. The molecule has 1 N–H and O–H groups in total.